The molecule has 0 aromatic heterocycles. The van der Waals surface area contributed by atoms with Crippen molar-refractivity contribution >= 4 is 8.05 Å². The summed E-state index contributed by atoms with van der Waals surface area (Å²) in [4.78, 5) is 0. The van der Waals surface area contributed by atoms with E-state index in [4.69, 9.17) is 12.7 Å². The lowest BCUT2D eigenvalue weighted by Gasteiger charge is -2.28. The van der Waals surface area contributed by atoms with E-state index in [0.717, 1.165) is 18.1 Å². The molecule has 0 aromatic carbocycles. The van der Waals surface area contributed by atoms with Crippen molar-refractivity contribution in [3.63, 3.8) is 0 Å². The van der Waals surface area contributed by atoms with E-state index in [0.29, 0.717) is 0 Å². The highest BCUT2D eigenvalue weighted by Gasteiger charge is 2.22. The Morgan fingerprint density at radius 2 is 2.00 bits per heavy atom. The van der Waals surface area contributed by atoms with E-state index in [-0.39, 0.29) is 0 Å². The monoisotopic (exact) mass is 220 g/mol. The van der Waals surface area contributed by atoms with Crippen LogP contribution in [-0.2, 0) is 4.65 Å². The molecule has 16 heavy (non-hydrogen) atoms. The van der Waals surface area contributed by atoms with Crippen molar-refractivity contribution < 1.29 is 4.65 Å². The van der Waals surface area contributed by atoms with E-state index >= 15 is 0 Å². The molecule has 0 spiro atoms. The first-order valence-corrected chi connectivity index (χ1v) is 6.92. The Hall–Kier alpha value is -0.395. The minimum Gasteiger partial charge on any atom is -0.571 e. The first-order chi connectivity index (χ1) is 7.83. The summed E-state index contributed by atoms with van der Waals surface area (Å²) in [6.45, 7) is 4.51. The maximum atomic E-state index is 5.40. The molecule has 0 saturated heterocycles. The van der Waals surface area contributed by atoms with Crippen LogP contribution in [-0.4, -0.2) is 8.05 Å². The molecule has 0 bridgehead atoms. The highest BCUT2D eigenvalue weighted by atomic mass is 16.4. The molecule has 0 heterocycles. The van der Waals surface area contributed by atoms with Crippen LogP contribution in [0, 0.1) is 5.92 Å². The Kier molecular flexibility index (Phi) is 6.67. The quantitative estimate of drug-likeness (QED) is 0.573. The molecular weight excluding hydrogens is 195 g/mol. The Morgan fingerprint density at radius 1 is 1.25 bits per heavy atom. The van der Waals surface area contributed by atoms with Crippen LogP contribution in [0.2, 0.25) is 0 Å². The number of unbranched alkanes of at least 4 members (excludes halogenated alkanes) is 2. The van der Waals surface area contributed by atoms with Gasteiger partial charge in [-0.05, 0) is 43.6 Å². The molecule has 1 aliphatic rings. The minimum absolute atomic E-state index is 0.749. The van der Waals surface area contributed by atoms with Crippen molar-refractivity contribution in [3.05, 3.63) is 11.3 Å². The summed E-state index contributed by atoms with van der Waals surface area (Å²) in [5.41, 5.74) is 1.53. The fourth-order valence-electron chi connectivity index (χ4n) is 2.69. The largest absolute Gasteiger partial charge is 0.571 e. The number of hydrogen-bond acceptors (Lipinski definition) is 1. The van der Waals surface area contributed by atoms with Gasteiger partial charge in [0.15, 0.2) is 0 Å². The van der Waals surface area contributed by atoms with E-state index in [2.05, 4.69) is 13.8 Å². The van der Waals surface area contributed by atoms with E-state index in [1.807, 2.05) is 0 Å². The van der Waals surface area contributed by atoms with Crippen LogP contribution >= 0.6 is 0 Å². The second-order valence-electron chi connectivity index (χ2n) is 4.90. The Balaban J connectivity index is 2.64. The fraction of sp³-hybridized carbons (Fsp3) is 0.857. The van der Waals surface area contributed by atoms with Crippen LogP contribution < -0.4 is 0 Å². The Labute approximate surface area is 102 Å². The van der Waals surface area contributed by atoms with Crippen molar-refractivity contribution in [2.45, 2.75) is 71.6 Å². The van der Waals surface area contributed by atoms with Gasteiger partial charge in [-0.3, -0.25) is 0 Å². The molecule has 0 fully saturated rings. The topological polar surface area (TPSA) is 9.23 Å². The molecule has 1 rings (SSSR count). The summed E-state index contributed by atoms with van der Waals surface area (Å²) in [5, 5.41) is 0. The third-order valence-corrected chi connectivity index (χ3v) is 3.66. The van der Waals surface area contributed by atoms with Crippen molar-refractivity contribution in [2.24, 2.45) is 5.92 Å². The van der Waals surface area contributed by atoms with Crippen LogP contribution in [0.25, 0.3) is 0 Å². The van der Waals surface area contributed by atoms with Gasteiger partial charge in [0.25, 0.3) is 0 Å². The first-order valence-electron chi connectivity index (χ1n) is 6.92. The van der Waals surface area contributed by atoms with Crippen LogP contribution in [0.1, 0.15) is 71.6 Å². The molecule has 0 amide bonds. The average molecular weight is 220 g/mol. The van der Waals surface area contributed by atoms with Crippen LogP contribution in [0.3, 0.4) is 0 Å². The SMILES string of the molecule is [B]OC1=C(CCCC)C(CCCC)CCC1. The average Bonchev–Trinajstić information content (AvgIpc) is 2.33. The van der Waals surface area contributed by atoms with Gasteiger partial charge in [0, 0.05) is 6.42 Å². The van der Waals surface area contributed by atoms with Gasteiger partial charge in [-0.15, -0.1) is 0 Å². The molecule has 0 aromatic rings. The lowest BCUT2D eigenvalue weighted by Crippen LogP contribution is -2.14. The third-order valence-electron chi connectivity index (χ3n) is 3.66. The van der Waals surface area contributed by atoms with Gasteiger partial charge in [-0.25, -0.2) is 0 Å². The van der Waals surface area contributed by atoms with Crippen molar-refractivity contribution in [1.29, 1.82) is 0 Å². The molecule has 0 N–H and O–H groups in total. The zero-order valence-corrected chi connectivity index (χ0v) is 10.9. The summed E-state index contributed by atoms with van der Waals surface area (Å²) in [5.74, 6) is 1.85. The summed E-state index contributed by atoms with van der Waals surface area (Å²) in [6.07, 6.45) is 11.3. The molecule has 2 heteroatoms. The van der Waals surface area contributed by atoms with Gasteiger partial charge in [-0.1, -0.05) is 33.1 Å². The van der Waals surface area contributed by atoms with Crippen LogP contribution in [0.5, 0.6) is 0 Å². The second kappa shape index (κ2) is 7.81. The van der Waals surface area contributed by atoms with Gasteiger partial charge in [0.1, 0.15) is 0 Å². The zero-order chi connectivity index (χ0) is 11.8. The predicted octanol–water partition coefficient (Wildman–Crippen LogP) is 4.52. The zero-order valence-electron chi connectivity index (χ0n) is 10.9. The van der Waals surface area contributed by atoms with Crippen molar-refractivity contribution in [2.75, 3.05) is 0 Å². The summed E-state index contributed by atoms with van der Waals surface area (Å²) >= 11 is 0. The van der Waals surface area contributed by atoms with Crippen molar-refractivity contribution in [1.82, 2.24) is 0 Å². The maximum Gasteiger partial charge on any atom is 0.373 e. The molecular formula is C14H25BO. The van der Waals surface area contributed by atoms with E-state index in [9.17, 15) is 0 Å². The summed E-state index contributed by atoms with van der Waals surface area (Å²) in [6, 6.07) is 0. The van der Waals surface area contributed by atoms with Crippen molar-refractivity contribution in [3.8, 4) is 0 Å². The lowest BCUT2D eigenvalue weighted by atomic mass is 9.81. The lowest BCUT2D eigenvalue weighted by molar-refractivity contribution is 0.346. The summed E-state index contributed by atoms with van der Waals surface area (Å²) < 4.78 is 5.09. The Morgan fingerprint density at radius 3 is 2.62 bits per heavy atom. The number of allylic oxidation sites excluding steroid dienone is 2. The van der Waals surface area contributed by atoms with Gasteiger partial charge < -0.3 is 4.65 Å². The standard InChI is InChI=1S/C14H25BO/c1-3-5-8-12-9-7-11-14(16-15)13(12)10-6-4-2/h12H,3-11H2,1-2H3. The van der Waals surface area contributed by atoms with Gasteiger partial charge in [-0.2, -0.15) is 0 Å². The molecule has 0 aliphatic heterocycles. The normalized spacial score (nSPS) is 21.2. The molecule has 1 aliphatic carbocycles. The number of hydrogen-bond donors (Lipinski definition) is 0. The van der Waals surface area contributed by atoms with Gasteiger partial charge in [0.05, 0.1) is 5.76 Å². The van der Waals surface area contributed by atoms with Crippen LogP contribution in [0.4, 0.5) is 0 Å². The van der Waals surface area contributed by atoms with Gasteiger partial charge >= 0.3 is 8.05 Å². The molecule has 2 radical (unpaired) electrons. The van der Waals surface area contributed by atoms with E-state index < -0.39 is 0 Å². The number of rotatable bonds is 7. The predicted molar refractivity (Wildman–Crippen MR) is 70.3 cm³/mol. The highest BCUT2D eigenvalue weighted by molar-refractivity contribution is 5.98. The molecule has 1 nitrogen and oxygen atoms in total. The molecule has 1 atom stereocenters. The highest BCUT2D eigenvalue weighted by Crippen LogP contribution is 2.36. The molecule has 1 unspecified atom stereocenters. The van der Waals surface area contributed by atoms with E-state index in [1.54, 1.807) is 0 Å². The van der Waals surface area contributed by atoms with Gasteiger partial charge in [0.2, 0.25) is 0 Å². The Bertz CT molecular complexity index is 223. The fourth-order valence-corrected chi connectivity index (χ4v) is 2.69. The third kappa shape index (κ3) is 3.88. The minimum atomic E-state index is 0.749. The maximum absolute atomic E-state index is 5.40. The molecule has 0 saturated carbocycles. The first kappa shape index (κ1) is 13.7. The molecule has 90 valence electrons. The second-order valence-corrected chi connectivity index (χ2v) is 4.90. The van der Waals surface area contributed by atoms with E-state index in [1.165, 1.54) is 56.9 Å². The smallest absolute Gasteiger partial charge is 0.373 e. The summed E-state index contributed by atoms with van der Waals surface area (Å²) in [7, 11) is 5.40. The van der Waals surface area contributed by atoms with Crippen LogP contribution in [0.15, 0.2) is 11.3 Å².